The van der Waals surface area contributed by atoms with Gasteiger partial charge in [-0.3, -0.25) is 5.01 Å². The molecule has 8 heteroatoms. The molecule has 1 aromatic carbocycles. The third-order valence-corrected chi connectivity index (χ3v) is 4.32. The molecular formula is C17H21N7O. The molecule has 3 rings (SSSR count). The molecule has 2 atom stereocenters. The predicted octanol–water partition coefficient (Wildman–Crippen LogP) is 2.18. The normalized spacial score (nSPS) is 19.2. The number of aromatic nitrogens is 2. The molecule has 1 saturated carbocycles. The van der Waals surface area contributed by atoms with Crippen molar-refractivity contribution in [1.82, 2.24) is 9.97 Å². The maximum atomic E-state index is 9.01. The van der Waals surface area contributed by atoms with Crippen molar-refractivity contribution in [3.8, 4) is 11.8 Å². The van der Waals surface area contributed by atoms with Crippen LogP contribution in [-0.2, 0) is 0 Å². The summed E-state index contributed by atoms with van der Waals surface area (Å²) in [6, 6.07) is 9.76. The monoisotopic (exact) mass is 339 g/mol. The number of nitrogens with one attached hydrogen (secondary N) is 1. The molecule has 130 valence electrons. The van der Waals surface area contributed by atoms with Gasteiger partial charge in [0.2, 0.25) is 5.95 Å². The van der Waals surface area contributed by atoms with Crippen molar-refractivity contribution in [2.45, 2.75) is 25.3 Å². The number of hydrazine groups is 1. The molecule has 2 unspecified atom stereocenters. The van der Waals surface area contributed by atoms with Gasteiger partial charge in [-0.25, -0.2) is 10.8 Å². The second-order valence-corrected chi connectivity index (χ2v) is 6.02. The van der Waals surface area contributed by atoms with E-state index < -0.39 is 0 Å². The first-order valence-electron chi connectivity index (χ1n) is 8.08. The second kappa shape index (κ2) is 7.23. The molecule has 1 aromatic heterocycles. The highest BCUT2D eigenvalue weighted by molar-refractivity contribution is 5.70. The molecule has 2 aromatic rings. The van der Waals surface area contributed by atoms with E-state index in [1.165, 1.54) is 11.2 Å². The van der Waals surface area contributed by atoms with Gasteiger partial charge in [-0.05, 0) is 43.5 Å². The number of nitriles is 1. The highest BCUT2D eigenvalue weighted by Gasteiger charge is 2.25. The maximum Gasteiger partial charge on any atom is 0.225 e. The van der Waals surface area contributed by atoms with Crippen molar-refractivity contribution in [3.05, 3.63) is 30.5 Å². The van der Waals surface area contributed by atoms with E-state index in [2.05, 4.69) is 21.4 Å². The number of hydrogen-bond donors (Lipinski definition) is 3. The quantitative estimate of drug-likeness (QED) is 0.559. The average molecular weight is 339 g/mol. The fraction of sp³-hybridized carbons (Fsp3) is 0.353. The summed E-state index contributed by atoms with van der Waals surface area (Å²) in [4.78, 5) is 8.67. The van der Waals surface area contributed by atoms with Crippen LogP contribution in [0.2, 0.25) is 0 Å². The lowest BCUT2D eigenvalue weighted by atomic mass is 10.1. The molecule has 1 heterocycles. The van der Waals surface area contributed by atoms with Crippen molar-refractivity contribution < 1.29 is 4.74 Å². The fourth-order valence-electron chi connectivity index (χ4n) is 2.92. The van der Waals surface area contributed by atoms with Gasteiger partial charge in [-0.1, -0.05) is 0 Å². The maximum absolute atomic E-state index is 9.01. The Morgan fingerprint density at radius 2 is 2.08 bits per heavy atom. The van der Waals surface area contributed by atoms with Crippen LogP contribution in [0.15, 0.2) is 30.5 Å². The Labute approximate surface area is 146 Å². The van der Waals surface area contributed by atoms with E-state index in [0.29, 0.717) is 17.5 Å². The number of nitrogens with two attached hydrogens (primary N) is 2. The molecule has 1 aliphatic rings. The SMILES string of the molecule is COc1ccc(N(N)c2nc(NC3CCC(C#N)C3)ncc2N)cc1. The standard InChI is InChI=1S/C17H21N7O/c1-25-14-6-4-13(5-7-14)24(20)16-15(19)10-21-17(23-16)22-12-3-2-11(8-12)9-18/h4-7,10-12H,2-3,8,19-20H2,1H3,(H,21,22,23). The van der Waals surface area contributed by atoms with Crippen LogP contribution in [-0.4, -0.2) is 23.1 Å². The average Bonchev–Trinajstić information content (AvgIpc) is 3.10. The Kier molecular flexibility index (Phi) is 4.86. The van der Waals surface area contributed by atoms with Crippen molar-refractivity contribution in [2.24, 2.45) is 11.8 Å². The summed E-state index contributed by atoms with van der Waals surface area (Å²) in [5.74, 6) is 7.88. The Bertz CT molecular complexity index is 772. The van der Waals surface area contributed by atoms with Gasteiger partial charge in [0.25, 0.3) is 0 Å². The van der Waals surface area contributed by atoms with Gasteiger partial charge < -0.3 is 15.8 Å². The van der Waals surface area contributed by atoms with E-state index in [-0.39, 0.29) is 12.0 Å². The molecule has 0 saturated heterocycles. The van der Waals surface area contributed by atoms with Gasteiger partial charge >= 0.3 is 0 Å². The Morgan fingerprint density at radius 3 is 2.72 bits per heavy atom. The summed E-state index contributed by atoms with van der Waals surface area (Å²) in [7, 11) is 1.61. The summed E-state index contributed by atoms with van der Waals surface area (Å²) < 4.78 is 5.15. The van der Waals surface area contributed by atoms with E-state index >= 15 is 0 Å². The van der Waals surface area contributed by atoms with Crippen molar-refractivity contribution in [2.75, 3.05) is 23.2 Å². The highest BCUT2D eigenvalue weighted by Crippen LogP contribution is 2.29. The zero-order valence-corrected chi connectivity index (χ0v) is 14.0. The molecule has 0 amide bonds. The number of hydrogen-bond acceptors (Lipinski definition) is 8. The van der Waals surface area contributed by atoms with Gasteiger partial charge in [-0.2, -0.15) is 10.2 Å². The molecule has 5 N–H and O–H groups in total. The van der Waals surface area contributed by atoms with Gasteiger partial charge in [-0.15, -0.1) is 0 Å². The van der Waals surface area contributed by atoms with Gasteiger partial charge in [0.05, 0.1) is 30.8 Å². The molecule has 0 spiro atoms. The van der Waals surface area contributed by atoms with E-state index in [4.69, 9.17) is 21.6 Å². The second-order valence-electron chi connectivity index (χ2n) is 6.02. The van der Waals surface area contributed by atoms with Crippen LogP contribution in [0.5, 0.6) is 5.75 Å². The number of benzene rings is 1. The van der Waals surface area contributed by atoms with Crippen LogP contribution in [0.25, 0.3) is 0 Å². The number of ether oxygens (including phenoxy) is 1. The predicted molar refractivity (Wildman–Crippen MR) is 96.1 cm³/mol. The minimum atomic E-state index is 0.0936. The molecule has 1 aliphatic carbocycles. The van der Waals surface area contributed by atoms with Crippen molar-refractivity contribution in [3.63, 3.8) is 0 Å². The van der Waals surface area contributed by atoms with Crippen molar-refractivity contribution in [1.29, 1.82) is 5.26 Å². The van der Waals surface area contributed by atoms with Crippen LogP contribution in [0.4, 0.5) is 23.1 Å². The lowest BCUT2D eigenvalue weighted by Gasteiger charge is -2.21. The number of nitrogens with zero attached hydrogens (tertiary/aromatic N) is 4. The smallest absolute Gasteiger partial charge is 0.225 e. The highest BCUT2D eigenvalue weighted by atomic mass is 16.5. The van der Waals surface area contributed by atoms with Gasteiger partial charge in [0.1, 0.15) is 5.75 Å². The minimum absolute atomic E-state index is 0.0936. The Morgan fingerprint density at radius 1 is 1.32 bits per heavy atom. The molecule has 25 heavy (non-hydrogen) atoms. The summed E-state index contributed by atoms with van der Waals surface area (Å²) in [5.41, 5.74) is 7.10. The van der Waals surface area contributed by atoms with Crippen LogP contribution in [0.1, 0.15) is 19.3 Å². The molecule has 8 nitrogen and oxygen atoms in total. The third kappa shape index (κ3) is 3.72. The van der Waals surface area contributed by atoms with Crippen LogP contribution in [0, 0.1) is 17.2 Å². The van der Waals surface area contributed by atoms with Gasteiger partial charge in [0, 0.05) is 12.0 Å². The molecule has 0 bridgehead atoms. The molecule has 0 radical (unpaired) electrons. The van der Waals surface area contributed by atoms with Crippen LogP contribution < -0.4 is 26.6 Å². The molecule has 0 aliphatic heterocycles. The zero-order chi connectivity index (χ0) is 17.8. The topological polar surface area (TPSA) is 126 Å². The first-order chi connectivity index (χ1) is 12.1. The van der Waals surface area contributed by atoms with E-state index in [1.807, 2.05) is 24.3 Å². The first kappa shape index (κ1) is 16.8. The van der Waals surface area contributed by atoms with Crippen LogP contribution >= 0.6 is 0 Å². The van der Waals surface area contributed by atoms with Crippen LogP contribution in [0.3, 0.4) is 0 Å². The fourth-order valence-corrected chi connectivity index (χ4v) is 2.92. The number of nitrogen functional groups attached to an aromatic ring is 1. The Balaban J connectivity index is 1.77. The van der Waals surface area contributed by atoms with Crippen molar-refractivity contribution >= 4 is 23.1 Å². The largest absolute Gasteiger partial charge is 0.497 e. The first-order valence-corrected chi connectivity index (χ1v) is 8.08. The molecular weight excluding hydrogens is 318 g/mol. The summed E-state index contributed by atoms with van der Waals surface area (Å²) in [5, 5.41) is 13.7. The van der Waals surface area contributed by atoms with E-state index in [0.717, 1.165) is 30.7 Å². The lowest BCUT2D eigenvalue weighted by molar-refractivity contribution is 0.415. The Hall–Kier alpha value is -3.05. The number of rotatable bonds is 5. The number of methoxy groups -OCH3 is 1. The van der Waals surface area contributed by atoms with E-state index in [9.17, 15) is 0 Å². The lowest BCUT2D eigenvalue weighted by Crippen LogP contribution is -2.28. The molecule has 1 fully saturated rings. The summed E-state index contributed by atoms with van der Waals surface area (Å²) >= 11 is 0. The van der Waals surface area contributed by atoms with E-state index in [1.54, 1.807) is 7.11 Å². The minimum Gasteiger partial charge on any atom is -0.497 e. The summed E-state index contributed by atoms with van der Waals surface area (Å²) in [6.45, 7) is 0. The summed E-state index contributed by atoms with van der Waals surface area (Å²) in [6.07, 6.45) is 4.14. The van der Waals surface area contributed by atoms with Gasteiger partial charge in [0.15, 0.2) is 5.82 Å². The third-order valence-electron chi connectivity index (χ3n) is 4.32. The number of anilines is 4. The zero-order valence-electron chi connectivity index (χ0n) is 14.0.